The Labute approximate surface area is 86.3 Å². The Morgan fingerprint density at radius 3 is 2.57 bits per heavy atom. The maximum atomic E-state index is 11.8. The van der Waals surface area contributed by atoms with Gasteiger partial charge in [0, 0.05) is 6.54 Å². The molecule has 0 rings (SSSR count). The fourth-order valence-electron chi connectivity index (χ4n) is 0.798. The van der Waals surface area contributed by atoms with Crippen LogP contribution in [-0.4, -0.2) is 42.0 Å². The van der Waals surface area contributed by atoms with Gasteiger partial charge in [-0.05, 0) is 24.5 Å². The van der Waals surface area contributed by atoms with Crippen LogP contribution in [0.15, 0.2) is 0 Å². The second kappa shape index (κ2) is 7.36. The quantitative estimate of drug-likeness (QED) is 0.653. The first-order chi connectivity index (χ1) is 6.48. The second-order valence-electron chi connectivity index (χ2n) is 2.81. The number of hydrogen-bond acceptors (Lipinski definition) is 3. The molecule has 0 aliphatic heterocycles. The third-order valence-electron chi connectivity index (χ3n) is 1.56. The van der Waals surface area contributed by atoms with Crippen molar-refractivity contribution < 1.29 is 18.3 Å². The smallest absolute Gasteiger partial charge is 0.382 e. The highest BCUT2D eigenvalue weighted by molar-refractivity contribution is 7.99. The molecular formula is C8H16F3NOS. The van der Waals surface area contributed by atoms with Gasteiger partial charge in [0.2, 0.25) is 0 Å². The number of aliphatic hydroxyl groups excluding tert-OH is 1. The molecule has 0 aromatic carbocycles. The van der Waals surface area contributed by atoms with Gasteiger partial charge in [-0.3, -0.25) is 0 Å². The first-order valence-corrected chi connectivity index (χ1v) is 5.67. The summed E-state index contributed by atoms with van der Waals surface area (Å²) in [5, 5.41) is 11.2. The third-order valence-corrected chi connectivity index (χ3v) is 2.55. The summed E-state index contributed by atoms with van der Waals surface area (Å²) in [6.45, 7) is 2.13. The molecule has 14 heavy (non-hydrogen) atoms. The summed E-state index contributed by atoms with van der Waals surface area (Å²) in [5.41, 5.74) is 0. The van der Waals surface area contributed by atoms with Crippen LogP contribution in [0.4, 0.5) is 13.2 Å². The van der Waals surface area contributed by atoms with Gasteiger partial charge >= 0.3 is 6.18 Å². The molecule has 0 aromatic heterocycles. The first kappa shape index (κ1) is 14.1. The molecule has 0 saturated carbocycles. The van der Waals surface area contributed by atoms with Crippen molar-refractivity contribution in [2.24, 2.45) is 0 Å². The summed E-state index contributed by atoms with van der Waals surface area (Å²) >= 11 is 1.75. The summed E-state index contributed by atoms with van der Waals surface area (Å²) in [6.07, 6.45) is -5.94. The Bertz CT molecular complexity index is 143. The van der Waals surface area contributed by atoms with E-state index in [-0.39, 0.29) is 0 Å². The molecule has 2 nitrogen and oxygen atoms in total. The van der Waals surface area contributed by atoms with Crippen LogP contribution in [0.25, 0.3) is 0 Å². The number of aliphatic hydroxyl groups is 1. The lowest BCUT2D eigenvalue weighted by atomic mass is 10.3. The minimum atomic E-state index is -4.51. The number of nitrogens with one attached hydrogen (secondary N) is 1. The van der Waals surface area contributed by atoms with Gasteiger partial charge in [-0.15, -0.1) is 0 Å². The largest absolute Gasteiger partial charge is 0.415 e. The SMILES string of the molecule is CCSCCCNCC(O)C(F)(F)F. The topological polar surface area (TPSA) is 32.3 Å². The van der Waals surface area contributed by atoms with Crippen LogP contribution in [0.1, 0.15) is 13.3 Å². The maximum absolute atomic E-state index is 11.8. The molecule has 0 radical (unpaired) electrons. The molecule has 0 bridgehead atoms. The van der Waals surface area contributed by atoms with E-state index in [2.05, 4.69) is 5.32 Å². The molecule has 0 aromatic rings. The first-order valence-electron chi connectivity index (χ1n) is 4.51. The van der Waals surface area contributed by atoms with E-state index in [9.17, 15) is 13.2 Å². The molecule has 0 saturated heterocycles. The highest BCUT2D eigenvalue weighted by atomic mass is 32.2. The molecule has 0 amide bonds. The molecule has 6 heteroatoms. The summed E-state index contributed by atoms with van der Waals surface area (Å²) in [4.78, 5) is 0. The molecule has 0 spiro atoms. The summed E-state index contributed by atoms with van der Waals surface area (Å²) in [5.74, 6) is 1.96. The molecule has 0 heterocycles. The number of rotatable bonds is 7. The summed E-state index contributed by atoms with van der Waals surface area (Å²) in [7, 11) is 0. The lowest BCUT2D eigenvalue weighted by molar-refractivity contribution is -0.201. The van der Waals surface area contributed by atoms with Crippen LogP contribution >= 0.6 is 11.8 Å². The van der Waals surface area contributed by atoms with Crippen molar-refractivity contribution in [2.75, 3.05) is 24.6 Å². The zero-order valence-electron chi connectivity index (χ0n) is 8.10. The van der Waals surface area contributed by atoms with E-state index in [4.69, 9.17) is 5.11 Å². The van der Waals surface area contributed by atoms with Crippen molar-refractivity contribution in [2.45, 2.75) is 25.6 Å². The standard InChI is InChI=1S/C8H16F3NOS/c1-2-14-5-3-4-12-6-7(13)8(9,10)11/h7,12-13H,2-6H2,1H3. The number of halogens is 3. The molecule has 0 fully saturated rings. The molecule has 1 atom stereocenters. The lowest BCUT2D eigenvalue weighted by Crippen LogP contribution is -2.38. The molecular weight excluding hydrogens is 215 g/mol. The van der Waals surface area contributed by atoms with Crippen LogP contribution in [0.2, 0.25) is 0 Å². The average molecular weight is 231 g/mol. The van der Waals surface area contributed by atoms with Gasteiger partial charge in [-0.1, -0.05) is 6.92 Å². The van der Waals surface area contributed by atoms with Gasteiger partial charge in [0.15, 0.2) is 6.10 Å². The van der Waals surface area contributed by atoms with E-state index in [1.165, 1.54) is 0 Å². The van der Waals surface area contributed by atoms with Gasteiger partial charge in [0.1, 0.15) is 0 Å². The van der Waals surface area contributed by atoms with Gasteiger partial charge in [0.05, 0.1) is 0 Å². The van der Waals surface area contributed by atoms with E-state index < -0.39 is 18.8 Å². The predicted octanol–water partition coefficient (Wildman–Crippen LogP) is 1.64. The highest BCUT2D eigenvalue weighted by Crippen LogP contribution is 2.19. The van der Waals surface area contributed by atoms with Crippen LogP contribution in [0, 0.1) is 0 Å². The van der Waals surface area contributed by atoms with E-state index >= 15 is 0 Å². The predicted molar refractivity (Wildman–Crippen MR) is 52.5 cm³/mol. The second-order valence-corrected chi connectivity index (χ2v) is 4.21. The Morgan fingerprint density at radius 1 is 1.43 bits per heavy atom. The van der Waals surface area contributed by atoms with Crippen molar-refractivity contribution in [3.8, 4) is 0 Å². The Hall–Kier alpha value is 0.0600. The third kappa shape index (κ3) is 7.46. The van der Waals surface area contributed by atoms with Crippen molar-refractivity contribution in [1.29, 1.82) is 0 Å². The van der Waals surface area contributed by atoms with Crippen molar-refractivity contribution >= 4 is 11.8 Å². The lowest BCUT2D eigenvalue weighted by Gasteiger charge is -2.14. The molecule has 2 N–H and O–H groups in total. The number of hydrogen-bond donors (Lipinski definition) is 2. The summed E-state index contributed by atoms with van der Waals surface area (Å²) in [6, 6.07) is 0. The fraction of sp³-hybridized carbons (Fsp3) is 1.00. The molecule has 1 unspecified atom stereocenters. The molecule has 86 valence electrons. The van der Waals surface area contributed by atoms with Crippen LogP contribution in [0.5, 0.6) is 0 Å². The average Bonchev–Trinajstić information content (AvgIpc) is 2.09. The zero-order chi connectivity index (χ0) is 11.0. The van der Waals surface area contributed by atoms with Crippen molar-refractivity contribution in [1.82, 2.24) is 5.32 Å². The Morgan fingerprint density at radius 2 is 2.07 bits per heavy atom. The fourth-order valence-corrected chi connectivity index (χ4v) is 1.44. The van der Waals surface area contributed by atoms with E-state index in [0.717, 1.165) is 17.9 Å². The van der Waals surface area contributed by atoms with Gasteiger partial charge < -0.3 is 10.4 Å². The summed E-state index contributed by atoms with van der Waals surface area (Å²) < 4.78 is 35.4. The Balaban J connectivity index is 3.28. The Kier molecular flexibility index (Phi) is 7.40. The molecule has 0 aliphatic carbocycles. The van der Waals surface area contributed by atoms with E-state index in [1.807, 2.05) is 6.92 Å². The van der Waals surface area contributed by atoms with Crippen LogP contribution in [-0.2, 0) is 0 Å². The van der Waals surface area contributed by atoms with Crippen molar-refractivity contribution in [3.63, 3.8) is 0 Å². The van der Waals surface area contributed by atoms with Crippen LogP contribution in [0.3, 0.4) is 0 Å². The van der Waals surface area contributed by atoms with Crippen molar-refractivity contribution in [3.05, 3.63) is 0 Å². The monoisotopic (exact) mass is 231 g/mol. The normalized spacial score (nSPS) is 14.4. The van der Waals surface area contributed by atoms with Crippen LogP contribution < -0.4 is 5.32 Å². The van der Waals surface area contributed by atoms with Gasteiger partial charge in [-0.2, -0.15) is 24.9 Å². The maximum Gasteiger partial charge on any atom is 0.415 e. The zero-order valence-corrected chi connectivity index (χ0v) is 8.92. The number of alkyl halides is 3. The van der Waals surface area contributed by atoms with Gasteiger partial charge in [-0.25, -0.2) is 0 Å². The molecule has 0 aliphatic rings. The minimum Gasteiger partial charge on any atom is -0.382 e. The van der Waals surface area contributed by atoms with E-state index in [0.29, 0.717) is 6.54 Å². The number of thioether (sulfide) groups is 1. The van der Waals surface area contributed by atoms with E-state index in [1.54, 1.807) is 11.8 Å². The van der Waals surface area contributed by atoms with Gasteiger partial charge in [0.25, 0.3) is 0 Å². The highest BCUT2D eigenvalue weighted by Gasteiger charge is 2.37. The minimum absolute atomic E-state index is 0.416.